The first-order chi connectivity index (χ1) is 5.77. The van der Waals surface area contributed by atoms with Crippen molar-refractivity contribution >= 4 is 27.7 Å². The van der Waals surface area contributed by atoms with Gasteiger partial charge in [-0.05, 0) is 17.9 Å². The lowest BCUT2D eigenvalue weighted by Gasteiger charge is -2.06. The number of hydrogen-bond acceptors (Lipinski definition) is 3. The topological polar surface area (TPSA) is 33.1 Å². The SMILES string of the molecule is CSc1ccc(C(O)CBr)cn1. The van der Waals surface area contributed by atoms with Crippen LogP contribution in [0.25, 0.3) is 0 Å². The van der Waals surface area contributed by atoms with Crippen LogP contribution in [0.1, 0.15) is 11.7 Å². The Hall–Kier alpha value is -0.0600. The smallest absolute Gasteiger partial charge is 0.0957 e. The molecule has 0 fully saturated rings. The molecule has 1 aromatic rings. The molecule has 0 radical (unpaired) electrons. The monoisotopic (exact) mass is 247 g/mol. The maximum absolute atomic E-state index is 9.40. The summed E-state index contributed by atoms with van der Waals surface area (Å²) in [6, 6.07) is 3.80. The number of pyridine rings is 1. The molecule has 0 aliphatic carbocycles. The number of aliphatic hydroxyl groups is 1. The summed E-state index contributed by atoms with van der Waals surface area (Å²) in [5.74, 6) is 0. The molecule has 66 valence electrons. The van der Waals surface area contributed by atoms with Crippen molar-refractivity contribution in [3.05, 3.63) is 23.9 Å². The van der Waals surface area contributed by atoms with Gasteiger partial charge in [-0.2, -0.15) is 0 Å². The van der Waals surface area contributed by atoms with Crippen molar-refractivity contribution in [3.63, 3.8) is 0 Å². The van der Waals surface area contributed by atoms with Gasteiger partial charge in [0.15, 0.2) is 0 Å². The Bertz CT molecular complexity index is 239. The van der Waals surface area contributed by atoms with Crippen LogP contribution in [0.15, 0.2) is 23.4 Å². The van der Waals surface area contributed by atoms with Crippen LogP contribution in [-0.2, 0) is 0 Å². The Balaban J connectivity index is 2.77. The van der Waals surface area contributed by atoms with Crippen LogP contribution in [0.5, 0.6) is 0 Å². The van der Waals surface area contributed by atoms with Gasteiger partial charge in [0, 0.05) is 11.5 Å². The highest BCUT2D eigenvalue weighted by Crippen LogP contribution is 2.17. The molecule has 1 rings (SSSR count). The van der Waals surface area contributed by atoms with Crippen molar-refractivity contribution in [3.8, 4) is 0 Å². The highest BCUT2D eigenvalue weighted by Gasteiger charge is 2.04. The Labute approximate surface area is 84.5 Å². The predicted octanol–water partition coefficient (Wildman–Crippen LogP) is 2.23. The summed E-state index contributed by atoms with van der Waals surface area (Å²) in [4.78, 5) is 4.15. The Kier molecular flexibility index (Phi) is 4.05. The molecule has 1 N–H and O–H groups in total. The zero-order chi connectivity index (χ0) is 8.97. The van der Waals surface area contributed by atoms with E-state index in [1.165, 1.54) is 0 Å². The van der Waals surface area contributed by atoms with Crippen LogP contribution in [0.3, 0.4) is 0 Å². The van der Waals surface area contributed by atoms with E-state index in [1.807, 2.05) is 18.4 Å². The highest BCUT2D eigenvalue weighted by molar-refractivity contribution is 9.09. The second-order valence-electron chi connectivity index (χ2n) is 2.30. The molecule has 0 bridgehead atoms. The molecular weight excluding hydrogens is 238 g/mol. The fourth-order valence-corrected chi connectivity index (χ4v) is 1.53. The summed E-state index contributed by atoms with van der Waals surface area (Å²) in [5.41, 5.74) is 0.852. The lowest BCUT2D eigenvalue weighted by atomic mass is 10.2. The highest BCUT2D eigenvalue weighted by atomic mass is 79.9. The summed E-state index contributed by atoms with van der Waals surface area (Å²) in [6.45, 7) is 0. The van der Waals surface area contributed by atoms with Crippen LogP contribution in [0, 0.1) is 0 Å². The van der Waals surface area contributed by atoms with Gasteiger partial charge in [0.25, 0.3) is 0 Å². The molecule has 4 heteroatoms. The van der Waals surface area contributed by atoms with Gasteiger partial charge < -0.3 is 5.11 Å². The van der Waals surface area contributed by atoms with Crippen LogP contribution < -0.4 is 0 Å². The van der Waals surface area contributed by atoms with Gasteiger partial charge in [-0.1, -0.05) is 22.0 Å². The van der Waals surface area contributed by atoms with E-state index in [0.29, 0.717) is 5.33 Å². The molecule has 0 aromatic carbocycles. The van der Waals surface area contributed by atoms with E-state index in [9.17, 15) is 5.11 Å². The average Bonchev–Trinajstić information content (AvgIpc) is 2.17. The van der Waals surface area contributed by atoms with E-state index in [-0.39, 0.29) is 0 Å². The van der Waals surface area contributed by atoms with Crippen LogP contribution >= 0.6 is 27.7 Å². The number of rotatable bonds is 3. The van der Waals surface area contributed by atoms with Gasteiger partial charge in [-0.25, -0.2) is 4.98 Å². The molecule has 1 unspecified atom stereocenters. The lowest BCUT2D eigenvalue weighted by Crippen LogP contribution is -1.98. The number of thioether (sulfide) groups is 1. The summed E-state index contributed by atoms with van der Waals surface area (Å²) in [7, 11) is 0. The third-order valence-corrected chi connectivity index (χ3v) is 2.77. The fourth-order valence-electron chi connectivity index (χ4n) is 0.799. The summed E-state index contributed by atoms with van der Waals surface area (Å²) >= 11 is 4.80. The number of halogens is 1. The molecular formula is C8H10BrNOS. The minimum atomic E-state index is -0.451. The normalized spacial score (nSPS) is 12.9. The van der Waals surface area contributed by atoms with Gasteiger partial charge in [0.1, 0.15) is 0 Å². The van der Waals surface area contributed by atoms with E-state index in [4.69, 9.17) is 0 Å². The maximum Gasteiger partial charge on any atom is 0.0957 e. The van der Waals surface area contributed by atoms with E-state index in [0.717, 1.165) is 10.6 Å². The first-order valence-corrected chi connectivity index (χ1v) is 5.86. The van der Waals surface area contributed by atoms with E-state index in [2.05, 4.69) is 20.9 Å². The van der Waals surface area contributed by atoms with E-state index in [1.54, 1.807) is 18.0 Å². The third-order valence-electron chi connectivity index (χ3n) is 1.50. The minimum Gasteiger partial charge on any atom is -0.387 e. The molecule has 1 heterocycles. The fraction of sp³-hybridized carbons (Fsp3) is 0.375. The molecule has 1 aromatic heterocycles. The van der Waals surface area contributed by atoms with Gasteiger partial charge in [0.05, 0.1) is 11.1 Å². The number of aliphatic hydroxyl groups excluding tert-OH is 1. The van der Waals surface area contributed by atoms with Gasteiger partial charge in [-0.3, -0.25) is 0 Å². The van der Waals surface area contributed by atoms with E-state index < -0.39 is 6.10 Å². The second kappa shape index (κ2) is 4.84. The number of aromatic nitrogens is 1. The van der Waals surface area contributed by atoms with Crippen molar-refractivity contribution in [1.82, 2.24) is 4.98 Å². The van der Waals surface area contributed by atoms with Crippen LogP contribution in [0.4, 0.5) is 0 Å². The van der Waals surface area contributed by atoms with Gasteiger partial charge >= 0.3 is 0 Å². The zero-order valence-corrected chi connectivity index (χ0v) is 9.10. The Morgan fingerprint density at radius 3 is 2.83 bits per heavy atom. The van der Waals surface area contributed by atoms with Crippen molar-refractivity contribution in [2.45, 2.75) is 11.1 Å². The molecule has 0 aliphatic rings. The first-order valence-electron chi connectivity index (χ1n) is 3.52. The molecule has 0 spiro atoms. The van der Waals surface area contributed by atoms with E-state index >= 15 is 0 Å². The number of hydrogen-bond donors (Lipinski definition) is 1. The van der Waals surface area contributed by atoms with Gasteiger partial charge in [0.2, 0.25) is 0 Å². The third kappa shape index (κ3) is 2.47. The average molecular weight is 248 g/mol. The largest absolute Gasteiger partial charge is 0.387 e. The summed E-state index contributed by atoms with van der Waals surface area (Å²) < 4.78 is 0. The molecule has 12 heavy (non-hydrogen) atoms. The van der Waals surface area contributed by atoms with Crippen molar-refractivity contribution < 1.29 is 5.11 Å². The van der Waals surface area contributed by atoms with Crippen LogP contribution in [0.2, 0.25) is 0 Å². The molecule has 0 aliphatic heterocycles. The summed E-state index contributed by atoms with van der Waals surface area (Å²) in [6.07, 6.45) is 3.23. The molecule has 0 saturated carbocycles. The zero-order valence-electron chi connectivity index (χ0n) is 6.70. The Morgan fingerprint density at radius 1 is 1.67 bits per heavy atom. The Morgan fingerprint density at radius 2 is 2.42 bits per heavy atom. The van der Waals surface area contributed by atoms with Crippen molar-refractivity contribution in [2.75, 3.05) is 11.6 Å². The molecule has 0 amide bonds. The molecule has 1 atom stereocenters. The lowest BCUT2D eigenvalue weighted by molar-refractivity contribution is 0.205. The maximum atomic E-state index is 9.40. The standard InChI is InChI=1S/C8H10BrNOS/c1-12-8-3-2-6(5-10-8)7(11)4-9/h2-3,5,7,11H,4H2,1H3. The van der Waals surface area contributed by atoms with Crippen LogP contribution in [-0.4, -0.2) is 21.7 Å². The van der Waals surface area contributed by atoms with Crippen molar-refractivity contribution in [1.29, 1.82) is 0 Å². The number of nitrogens with zero attached hydrogens (tertiary/aromatic N) is 1. The number of alkyl halides is 1. The molecule has 0 saturated heterocycles. The quantitative estimate of drug-likeness (QED) is 0.657. The minimum absolute atomic E-state index is 0.451. The predicted molar refractivity (Wildman–Crippen MR) is 54.8 cm³/mol. The summed E-state index contributed by atoms with van der Waals surface area (Å²) in [5, 5.41) is 10.9. The van der Waals surface area contributed by atoms with Gasteiger partial charge in [-0.15, -0.1) is 11.8 Å². The first kappa shape index (κ1) is 10.0. The molecule has 2 nitrogen and oxygen atoms in total. The second-order valence-corrected chi connectivity index (χ2v) is 3.78. The van der Waals surface area contributed by atoms with Crippen molar-refractivity contribution in [2.24, 2.45) is 0 Å².